The summed E-state index contributed by atoms with van der Waals surface area (Å²) in [5.74, 6) is -0.677. The molecule has 0 saturated carbocycles. The molecule has 0 spiro atoms. The number of phenols is 1. The van der Waals surface area contributed by atoms with Gasteiger partial charge in [0.25, 0.3) is 0 Å². The monoisotopic (exact) mass is 300 g/mol. The average Bonchev–Trinajstić information content (AvgIpc) is 2.12. The van der Waals surface area contributed by atoms with Crippen molar-refractivity contribution >= 4 is 21.9 Å². The summed E-state index contributed by atoms with van der Waals surface area (Å²) < 4.78 is 0.890. The molecule has 0 aliphatic rings. The Bertz CT molecular complexity index is 438. The number of hydrogen-bond donors (Lipinski definition) is 2. The molecule has 0 heterocycles. The Labute approximate surface area is 110 Å². The van der Waals surface area contributed by atoms with Gasteiger partial charge < -0.3 is 10.2 Å². The summed E-state index contributed by atoms with van der Waals surface area (Å²) >= 11 is 3.43. The molecule has 0 saturated heterocycles. The van der Waals surface area contributed by atoms with Crippen LogP contribution in [0.15, 0.2) is 10.5 Å². The number of carbonyl (C=O) groups is 1. The molecule has 0 atom stereocenters. The lowest BCUT2D eigenvalue weighted by molar-refractivity contribution is -0.138. The standard InChI is InChI=1S/C13H17BrO3/c1-7-5-9(14)8(2)11(12(7)17)13(3,4)6-10(15)16/h5,17H,6H2,1-4H3,(H,15,16). The van der Waals surface area contributed by atoms with Crippen LogP contribution in [0.5, 0.6) is 5.75 Å². The van der Waals surface area contributed by atoms with E-state index < -0.39 is 11.4 Å². The minimum atomic E-state index is -0.869. The number of phenolic OH excluding ortho intramolecular Hbond substituents is 1. The van der Waals surface area contributed by atoms with Gasteiger partial charge in [-0.3, -0.25) is 4.79 Å². The van der Waals surface area contributed by atoms with E-state index in [1.807, 2.05) is 26.8 Å². The van der Waals surface area contributed by atoms with Crippen LogP contribution in [-0.2, 0) is 10.2 Å². The second kappa shape index (κ2) is 4.69. The first-order chi connectivity index (χ1) is 7.66. The topological polar surface area (TPSA) is 57.5 Å². The normalized spacial score (nSPS) is 11.6. The first kappa shape index (κ1) is 14.0. The van der Waals surface area contributed by atoms with Gasteiger partial charge in [0.15, 0.2) is 0 Å². The third-order valence-corrected chi connectivity index (χ3v) is 3.78. The number of aryl methyl sites for hydroxylation is 1. The van der Waals surface area contributed by atoms with E-state index in [0.29, 0.717) is 5.56 Å². The van der Waals surface area contributed by atoms with E-state index in [4.69, 9.17) is 5.11 Å². The van der Waals surface area contributed by atoms with Crippen molar-refractivity contribution in [2.75, 3.05) is 0 Å². The molecule has 17 heavy (non-hydrogen) atoms. The lowest BCUT2D eigenvalue weighted by Gasteiger charge is -2.27. The molecule has 0 aliphatic heterocycles. The Hall–Kier alpha value is -1.03. The van der Waals surface area contributed by atoms with Gasteiger partial charge in [-0.25, -0.2) is 0 Å². The van der Waals surface area contributed by atoms with Gasteiger partial charge in [0.05, 0.1) is 6.42 Å². The van der Waals surface area contributed by atoms with Crippen molar-refractivity contribution in [3.05, 3.63) is 27.2 Å². The molecule has 0 bridgehead atoms. The molecule has 4 heteroatoms. The molecule has 0 radical (unpaired) electrons. The van der Waals surface area contributed by atoms with E-state index in [1.165, 1.54) is 0 Å². The Balaban J connectivity index is 3.44. The van der Waals surface area contributed by atoms with Crippen LogP contribution in [0.1, 0.15) is 37.0 Å². The number of benzene rings is 1. The van der Waals surface area contributed by atoms with Crippen LogP contribution < -0.4 is 0 Å². The maximum absolute atomic E-state index is 10.9. The molecule has 94 valence electrons. The fraction of sp³-hybridized carbons (Fsp3) is 0.462. The summed E-state index contributed by atoms with van der Waals surface area (Å²) in [6.07, 6.45) is -0.0166. The van der Waals surface area contributed by atoms with Crippen molar-refractivity contribution in [3.8, 4) is 5.75 Å². The fourth-order valence-corrected chi connectivity index (χ4v) is 2.70. The molecule has 0 amide bonds. The molecule has 2 N–H and O–H groups in total. The largest absolute Gasteiger partial charge is 0.507 e. The summed E-state index contributed by atoms with van der Waals surface area (Å²) in [4.78, 5) is 10.9. The van der Waals surface area contributed by atoms with Crippen molar-refractivity contribution in [2.45, 2.75) is 39.5 Å². The Morgan fingerprint density at radius 2 is 1.94 bits per heavy atom. The number of carboxylic acid groups (broad SMARTS) is 1. The number of aromatic hydroxyl groups is 1. The van der Waals surface area contributed by atoms with Gasteiger partial charge >= 0.3 is 5.97 Å². The van der Waals surface area contributed by atoms with Gasteiger partial charge in [0, 0.05) is 15.5 Å². The second-order valence-electron chi connectivity index (χ2n) is 4.98. The second-order valence-corrected chi connectivity index (χ2v) is 5.83. The molecule has 1 aromatic rings. The summed E-state index contributed by atoms with van der Waals surface area (Å²) in [6.45, 7) is 7.34. The van der Waals surface area contributed by atoms with E-state index in [1.54, 1.807) is 6.92 Å². The summed E-state index contributed by atoms with van der Waals surface area (Å²) in [5, 5.41) is 19.1. The van der Waals surface area contributed by atoms with Crippen LogP contribution >= 0.6 is 15.9 Å². The highest BCUT2D eigenvalue weighted by atomic mass is 79.9. The van der Waals surface area contributed by atoms with E-state index in [0.717, 1.165) is 15.6 Å². The SMILES string of the molecule is Cc1cc(Br)c(C)c(C(C)(C)CC(=O)O)c1O. The summed E-state index contributed by atoms with van der Waals surface area (Å²) in [7, 11) is 0. The average molecular weight is 301 g/mol. The summed E-state index contributed by atoms with van der Waals surface area (Å²) in [5.41, 5.74) is 1.73. The molecule has 0 aliphatic carbocycles. The van der Waals surface area contributed by atoms with Crippen molar-refractivity contribution in [1.29, 1.82) is 0 Å². The molecular formula is C13H17BrO3. The molecule has 0 aromatic heterocycles. The number of carboxylic acids is 1. The van der Waals surface area contributed by atoms with Crippen LogP contribution in [0.2, 0.25) is 0 Å². The first-order valence-corrected chi connectivity index (χ1v) is 6.17. The maximum atomic E-state index is 10.9. The lowest BCUT2D eigenvalue weighted by atomic mass is 9.78. The molecule has 3 nitrogen and oxygen atoms in total. The minimum Gasteiger partial charge on any atom is -0.507 e. The van der Waals surface area contributed by atoms with Gasteiger partial charge in [0.1, 0.15) is 5.75 Å². The van der Waals surface area contributed by atoms with Gasteiger partial charge in [-0.1, -0.05) is 29.8 Å². The third-order valence-electron chi connectivity index (χ3n) is 2.96. The van der Waals surface area contributed by atoms with E-state index in [2.05, 4.69) is 15.9 Å². The van der Waals surface area contributed by atoms with Crippen LogP contribution in [0, 0.1) is 13.8 Å². The zero-order chi connectivity index (χ0) is 13.4. The number of hydrogen-bond acceptors (Lipinski definition) is 2. The van der Waals surface area contributed by atoms with Crippen molar-refractivity contribution in [3.63, 3.8) is 0 Å². The van der Waals surface area contributed by atoms with Gasteiger partial charge in [-0.15, -0.1) is 0 Å². The van der Waals surface area contributed by atoms with E-state index >= 15 is 0 Å². The number of halogens is 1. The Morgan fingerprint density at radius 3 is 2.41 bits per heavy atom. The predicted molar refractivity (Wildman–Crippen MR) is 70.6 cm³/mol. The zero-order valence-corrected chi connectivity index (χ0v) is 12.1. The third kappa shape index (κ3) is 2.80. The highest BCUT2D eigenvalue weighted by molar-refractivity contribution is 9.10. The van der Waals surface area contributed by atoms with Gasteiger partial charge in [-0.05, 0) is 31.0 Å². The molecular weight excluding hydrogens is 284 g/mol. The van der Waals surface area contributed by atoms with Gasteiger partial charge in [0.2, 0.25) is 0 Å². The van der Waals surface area contributed by atoms with Crippen LogP contribution in [0.3, 0.4) is 0 Å². The number of aliphatic carboxylic acids is 1. The molecule has 0 fully saturated rings. The minimum absolute atomic E-state index is 0.0166. The van der Waals surface area contributed by atoms with Crippen molar-refractivity contribution < 1.29 is 15.0 Å². The maximum Gasteiger partial charge on any atom is 0.304 e. The lowest BCUT2D eigenvalue weighted by Crippen LogP contribution is -2.23. The molecule has 1 rings (SSSR count). The highest BCUT2D eigenvalue weighted by Crippen LogP contribution is 2.41. The van der Waals surface area contributed by atoms with Crippen molar-refractivity contribution in [2.24, 2.45) is 0 Å². The van der Waals surface area contributed by atoms with Crippen molar-refractivity contribution in [1.82, 2.24) is 0 Å². The summed E-state index contributed by atoms with van der Waals surface area (Å²) in [6, 6.07) is 1.84. The smallest absolute Gasteiger partial charge is 0.304 e. The van der Waals surface area contributed by atoms with Crippen LogP contribution in [-0.4, -0.2) is 16.2 Å². The molecule has 0 unspecified atom stereocenters. The number of rotatable bonds is 3. The molecule has 1 aromatic carbocycles. The van der Waals surface area contributed by atoms with Crippen LogP contribution in [0.4, 0.5) is 0 Å². The first-order valence-electron chi connectivity index (χ1n) is 5.37. The predicted octanol–water partition coefficient (Wildman–Crippen LogP) is 3.52. The van der Waals surface area contributed by atoms with Gasteiger partial charge in [-0.2, -0.15) is 0 Å². The fourth-order valence-electron chi connectivity index (χ4n) is 2.16. The van der Waals surface area contributed by atoms with E-state index in [-0.39, 0.29) is 12.2 Å². The van der Waals surface area contributed by atoms with Crippen LogP contribution in [0.25, 0.3) is 0 Å². The highest BCUT2D eigenvalue weighted by Gasteiger charge is 2.30. The quantitative estimate of drug-likeness (QED) is 0.898. The Kier molecular flexibility index (Phi) is 3.87. The Morgan fingerprint density at radius 1 is 1.41 bits per heavy atom. The zero-order valence-electron chi connectivity index (χ0n) is 10.5. The van der Waals surface area contributed by atoms with E-state index in [9.17, 15) is 9.90 Å².